The van der Waals surface area contributed by atoms with Gasteiger partial charge in [-0.05, 0) is 24.3 Å². The van der Waals surface area contributed by atoms with Crippen molar-refractivity contribution in [2.75, 3.05) is 5.73 Å². The van der Waals surface area contributed by atoms with E-state index in [0.717, 1.165) is 0 Å². The van der Waals surface area contributed by atoms with Crippen molar-refractivity contribution in [2.45, 2.75) is 0 Å². The molecule has 4 heteroatoms. The van der Waals surface area contributed by atoms with Crippen molar-refractivity contribution < 1.29 is 9.59 Å². The molecule has 84 valence electrons. The van der Waals surface area contributed by atoms with Crippen LogP contribution in [-0.4, -0.2) is 16.6 Å². The molecule has 0 fully saturated rings. The number of hydrogen-bond acceptors (Lipinski definition) is 4. The van der Waals surface area contributed by atoms with E-state index in [0.29, 0.717) is 5.69 Å². The maximum atomic E-state index is 11.9. The fraction of sp³-hybridized carbons (Fsp3) is 0. The zero-order chi connectivity index (χ0) is 12.3. The number of para-hydroxylation sites is 1. The number of carbonyl (C=O) groups is 2. The Labute approximate surface area is 98.1 Å². The molecular formula is C13H10N2O2. The molecule has 2 N–H and O–H groups in total. The summed E-state index contributed by atoms with van der Waals surface area (Å²) in [5, 5.41) is 0. The Bertz CT molecular complexity index is 565. The van der Waals surface area contributed by atoms with Gasteiger partial charge in [0.05, 0.1) is 0 Å². The molecular weight excluding hydrogens is 216 g/mol. The molecule has 0 aliphatic heterocycles. The fourth-order valence-electron chi connectivity index (χ4n) is 1.44. The van der Waals surface area contributed by atoms with Crippen LogP contribution in [0.25, 0.3) is 0 Å². The Hall–Kier alpha value is -2.49. The number of rotatable bonds is 3. The topological polar surface area (TPSA) is 73.1 Å². The minimum Gasteiger partial charge on any atom is -0.398 e. The normalized spacial score (nSPS) is 9.88. The van der Waals surface area contributed by atoms with Gasteiger partial charge in [-0.15, -0.1) is 0 Å². The number of carbonyl (C=O) groups excluding carboxylic acids is 2. The van der Waals surface area contributed by atoms with Gasteiger partial charge in [-0.25, -0.2) is 0 Å². The molecule has 2 aromatic rings. The summed E-state index contributed by atoms with van der Waals surface area (Å²) < 4.78 is 0. The highest BCUT2D eigenvalue weighted by atomic mass is 16.2. The number of ketones is 2. The Morgan fingerprint density at radius 2 is 1.65 bits per heavy atom. The van der Waals surface area contributed by atoms with Crippen LogP contribution in [0.1, 0.15) is 20.8 Å². The molecule has 4 nitrogen and oxygen atoms in total. The first-order valence-corrected chi connectivity index (χ1v) is 5.04. The highest BCUT2D eigenvalue weighted by Gasteiger charge is 2.20. The third kappa shape index (κ3) is 2.20. The van der Waals surface area contributed by atoms with Gasteiger partial charge >= 0.3 is 0 Å². The molecule has 0 radical (unpaired) electrons. The SMILES string of the molecule is Nc1ccccc1C(=O)C(=O)c1ccccn1. The zero-order valence-electron chi connectivity index (χ0n) is 8.96. The summed E-state index contributed by atoms with van der Waals surface area (Å²) in [5.41, 5.74) is 6.27. The van der Waals surface area contributed by atoms with Crippen LogP contribution in [0.2, 0.25) is 0 Å². The number of anilines is 1. The number of nitrogen functional groups attached to an aromatic ring is 1. The Balaban J connectivity index is 2.34. The van der Waals surface area contributed by atoms with Crippen LogP contribution in [0.15, 0.2) is 48.7 Å². The largest absolute Gasteiger partial charge is 0.398 e. The number of Topliss-reactive ketones (excluding diaryl/α,β-unsaturated/α-hetero) is 2. The van der Waals surface area contributed by atoms with Gasteiger partial charge in [-0.2, -0.15) is 0 Å². The van der Waals surface area contributed by atoms with Gasteiger partial charge in [-0.3, -0.25) is 14.6 Å². The van der Waals surface area contributed by atoms with Crippen molar-refractivity contribution in [1.82, 2.24) is 4.98 Å². The molecule has 0 bridgehead atoms. The Morgan fingerprint density at radius 3 is 2.29 bits per heavy atom. The van der Waals surface area contributed by atoms with Crippen molar-refractivity contribution in [2.24, 2.45) is 0 Å². The standard InChI is InChI=1S/C13H10N2O2/c14-10-6-2-1-5-9(10)12(16)13(17)11-7-3-4-8-15-11/h1-8H,14H2. The van der Waals surface area contributed by atoms with E-state index in [-0.39, 0.29) is 11.3 Å². The van der Waals surface area contributed by atoms with Crippen LogP contribution in [0.3, 0.4) is 0 Å². The second-order valence-electron chi connectivity index (χ2n) is 3.46. The van der Waals surface area contributed by atoms with E-state index in [4.69, 9.17) is 5.73 Å². The molecule has 17 heavy (non-hydrogen) atoms. The van der Waals surface area contributed by atoms with Crippen molar-refractivity contribution in [3.8, 4) is 0 Å². The molecule has 2 rings (SSSR count). The van der Waals surface area contributed by atoms with E-state index in [1.54, 1.807) is 30.3 Å². The lowest BCUT2D eigenvalue weighted by atomic mass is 10.0. The van der Waals surface area contributed by atoms with Crippen LogP contribution in [-0.2, 0) is 0 Å². The average Bonchev–Trinajstić information content (AvgIpc) is 2.39. The lowest BCUT2D eigenvalue weighted by molar-refractivity contribution is 0.0814. The summed E-state index contributed by atoms with van der Waals surface area (Å²) >= 11 is 0. The summed E-state index contributed by atoms with van der Waals surface area (Å²) in [6, 6.07) is 11.3. The molecule has 0 amide bonds. The number of aromatic nitrogens is 1. The van der Waals surface area contributed by atoms with Crippen LogP contribution < -0.4 is 5.73 Å². The lowest BCUT2D eigenvalue weighted by Crippen LogP contribution is -2.17. The molecule has 0 spiro atoms. The number of hydrogen-bond donors (Lipinski definition) is 1. The summed E-state index contributed by atoms with van der Waals surface area (Å²) in [6.45, 7) is 0. The number of benzene rings is 1. The Kier molecular flexibility index (Phi) is 2.96. The van der Waals surface area contributed by atoms with E-state index in [2.05, 4.69) is 4.98 Å². The number of nitrogens with two attached hydrogens (primary N) is 1. The predicted octanol–water partition coefficient (Wildman–Crippen LogP) is 1.73. The molecule has 1 aromatic heterocycles. The second-order valence-corrected chi connectivity index (χ2v) is 3.46. The maximum Gasteiger partial charge on any atom is 0.251 e. The fourth-order valence-corrected chi connectivity index (χ4v) is 1.44. The third-order valence-electron chi connectivity index (χ3n) is 2.31. The smallest absolute Gasteiger partial charge is 0.251 e. The molecule has 1 aromatic carbocycles. The zero-order valence-corrected chi connectivity index (χ0v) is 8.96. The molecule has 0 unspecified atom stereocenters. The van der Waals surface area contributed by atoms with Crippen LogP contribution in [0, 0.1) is 0 Å². The molecule has 0 atom stereocenters. The monoisotopic (exact) mass is 226 g/mol. The van der Waals surface area contributed by atoms with E-state index in [1.807, 2.05) is 0 Å². The van der Waals surface area contributed by atoms with Gasteiger partial charge in [0.15, 0.2) is 0 Å². The van der Waals surface area contributed by atoms with Gasteiger partial charge in [0.1, 0.15) is 5.69 Å². The van der Waals surface area contributed by atoms with E-state index >= 15 is 0 Å². The molecule has 0 aliphatic carbocycles. The predicted molar refractivity (Wildman–Crippen MR) is 63.8 cm³/mol. The summed E-state index contributed by atoms with van der Waals surface area (Å²) in [7, 11) is 0. The average molecular weight is 226 g/mol. The van der Waals surface area contributed by atoms with Crippen LogP contribution >= 0.6 is 0 Å². The van der Waals surface area contributed by atoms with Crippen molar-refractivity contribution >= 4 is 17.3 Å². The highest BCUT2D eigenvalue weighted by molar-refractivity contribution is 6.49. The highest BCUT2D eigenvalue weighted by Crippen LogP contribution is 2.13. The maximum absolute atomic E-state index is 11.9. The van der Waals surface area contributed by atoms with Gasteiger partial charge in [0.25, 0.3) is 5.78 Å². The summed E-state index contributed by atoms with van der Waals surface area (Å²) in [6.07, 6.45) is 1.47. The van der Waals surface area contributed by atoms with Gasteiger partial charge in [0, 0.05) is 17.4 Å². The first-order valence-electron chi connectivity index (χ1n) is 5.04. The second kappa shape index (κ2) is 4.57. The first kappa shape index (κ1) is 11.0. The molecule has 0 aliphatic rings. The van der Waals surface area contributed by atoms with Crippen molar-refractivity contribution in [3.63, 3.8) is 0 Å². The Morgan fingerprint density at radius 1 is 0.941 bits per heavy atom. The van der Waals surface area contributed by atoms with E-state index in [1.165, 1.54) is 18.3 Å². The lowest BCUT2D eigenvalue weighted by Gasteiger charge is -2.02. The summed E-state index contributed by atoms with van der Waals surface area (Å²) in [5.74, 6) is -1.29. The van der Waals surface area contributed by atoms with E-state index in [9.17, 15) is 9.59 Å². The summed E-state index contributed by atoms with van der Waals surface area (Å²) in [4.78, 5) is 27.6. The first-order chi connectivity index (χ1) is 8.20. The molecule has 0 saturated carbocycles. The molecule has 0 saturated heterocycles. The van der Waals surface area contributed by atoms with Crippen molar-refractivity contribution in [1.29, 1.82) is 0 Å². The van der Waals surface area contributed by atoms with Crippen LogP contribution in [0.5, 0.6) is 0 Å². The number of nitrogens with zero attached hydrogens (tertiary/aromatic N) is 1. The van der Waals surface area contributed by atoms with Crippen molar-refractivity contribution in [3.05, 3.63) is 59.9 Å². The van der Waals surface area contributed by atoms with E-state index < -0.39 is 11.6 Å². The van der Waals surface area contributed by atoms with Gasteiger partial charge in [0.2, 0.25) is 5.78 Å². The minimum atomic E-state index is -0.650. The molecule has 1 heterocycles. The van der Waals surface area contributed by atoms with Crippen LogP contribution in [0.4, 0.5) is 5.69 Å². The third-order valence-corrected chi connectivity index (χ3v) is 2.31. The quantitative estimate of drug-likeness (QED) is 0.491. The van der Waals surface area contributed by atoms with Gasteiger partial charge in [-0.1, -0.05) is 18.2 Å². The minimum absolute atomic E-state index is 0.126. The van der Waals surface area contributed by atoms with Gasteiger partial charge < -0.3 is 5.73 Å². The number of pyridine rings is 1.